The molecule has 0 unspecified atom stereocenters. The fourth-order valence-electron chi connectivity index (χ4n) is 3.10. The van der Waals surface area contributed by atoms with Crippen LogP contribution in [-0.2, 0) is 22.4 Å². The van der Waals surface area contributed by atoms with Gasteiger partial charge >= 0.3 is 5.97 Å². The molecule has 2 aromatic heterocycles. The lowest BCUT2D eigenvalue weighted by molar-refractivity contribution is -0.147. The number of aromatic nitrogens is 2. The molecule has 2 aromatic rings. The molecule has 0 fully saturated rings. The molecule has 0 spiro atoms. The van der Waals surface area contributed by atoms with Crippen LogP contribution in [0.1, 0.15) is 49.6 Å². The molecule has 22 heavy (non-hydrogen) atoms. The molecule has 0 bridgehead atoms. The fourth-order valence-corrected chi connectivity index (χ4v) is 4.32. The fraction of sp³-hybridized carbons (Fsp3) is 0.562. The number of esters is 1. The lowest BCUT2D eigenvalue weighted by atomic mass is 9.97. The molecule has 0 radical (unpaired) electrons. The van der Waals surface area contributed by atoms with Gasteiger partial charge in [-0.3, -0.25) is 9.36 Å². The van der Waals surface area contributed by atoms with Crippen molar-refractivity contribution in [3.8, 4) is 0 Å². The molecule has 1 aliphatic rings. The van der Waals surface area contributed by atoms with E-state index in [0.29, 0.717) is 18.4 Å². The maximum absolute atomic E-state index is 12.9. The molecule has 6 heteroatoms. The Labute approximate surface area is 132 Å². The summed E-state index contributed by atoms with van der Waals surface area (Å²) in [7, 11) is 0. The number of carbonyl (C=O) groups is 1. The molecule has 0 aromatic carbocycles. The van der Waals surface area contributed by atoms with Crippen molar-refractivity contribution < 1.29 is 9.53 Å². The van der Waals surface area contributed by atoms with Gasteiger partial charge in [0.15, 0.2) is 0 Å². The van der Waals surface area contributed by atoms with E-state index in [1.54, 1.807) is 18.3 Å². The van der Waals surface area contributed by atoms with E-state index in [2.05, 4.69) is 4.98 Å². The highest BCUT2D eigenvalue weighted by Crippen LogP contribution is 2.33. The first-order valence-electron chi connectivity index (χ1n) is 7.85. The van der Waals surface area contributed by atoms with Crippen molar-refractivity contribution in [3.63, 3.8) is 0 Å². The maximum atomic E-state index is 12.9. The molecule has 0 saturated carbocycles. The molecule has 1 aliphatic carbocycles. The van der Waals surface area contributed by atoms with Crippen LogP contribution < -0.4 is 5.56 Å². The third kappa shape index (κ3) is 2.45. The van der Waals surface area contributed by atoms with Crippen molar-refractivity contribution >= 4 is 27.5 Å². The van der Waals surface area contributed by atoms with Crippen LogP contribution in [0.3, 0.4) is 0 Å². The lowest BCUT2D eigenvalue weighted by Gasteiger charge is -2.16. The standard InChI is InChI=1S/C16H20N2O3S/c1-3-11(16(20)21-4-2)18-9-17-14-13(15(18)19)10-7-5-6-8-12(10)22-14/h9,11H,3-8H2,1-2H3/t11-/m0/s1. The summed E-state index contributed by atoms with van der Waals surface area (Å²) in [5.74, 6) is -0.364. The Morgan fingerprint density at radius 1 is 1.41 bits per heavy atom. The zero-order valence-electron chi connectivity index (χ0n) is 12.9. The van der Waals surface area contributed by atoms with E-state index in [1.165, 1.54) is 22.2 Å². The Hall–Kier alpha value is -1.69. The number of aryl methyl sites for hydroxylation is 2. The number of nitrogens with zero attached hydrogens (tertiary/aromatic N) is 2. The number of rotatable bonds is 4. The molecular formula is C16H20N2O3S. The smallest absolute Gasteiger partial charge is 0.329 e. The van der Waals surface area contributed by atoms with Gasteiger partial charge in [-0.05, 0) is 44.6 Å². The number of fused-ring (bicyclic) bond motifs is 3. The molecule has 1 atom stereocenters. The van der Waals surface area contributed by atoms with Gasteiger partial charge in [0.05, 0.1) is 18.3 Å². The van der Waals surface area contributed by atoms with Gasteiger partial charge in [-0.2, -0.15) is 0 Å². The zero-order valence-corrected chi connectivity index (χ0v) is 13.7. The average molecular weight is 320 g/mol. The molecule has 0 saturated heterocycles. The Bertz CT molecular complexity index is 763. The molecule has 0 N–H and O–H groups in total. The molecular weight excluding hydrogens is 300 g/mol. The normalized spacial score (nSPS) is 15.5. The van der Waals surface area contributed by atoms with Crippen LogP contribution in [0.15, 0.2) is 11.1 Å². The van der Waals surface area contributed by atoms with Gasteiger partial charge in [-0.1, -0.05) is 6.92 Å². The highest BCUT2D eigenvalue weighted by Gasteiger charge is 2.25. The van der Waals surface area contributed by atoms with E-state index in [0.717, 1.165) is 29.7 Å². The molecule has 0 aliphatic heterocycles. The van der Waals surface area contributed by atoms with Crippen molar-refractivity contribution in [2.24, 2.45) is 0 Å². The third-order valence-corrected chi connectivity index (χ3v) is 5.38. The predicted molar refractivity (Wildman–Crippen MR) is 86.5 cm³/mol. The van der Waals surface area contributed by atoms with E-state index in [4.69, 9.17) is 4.74 Å². The average Bonchev–Trinajstić information content (AvgIpc) is 2.89. The van der Waals surface area contributed by atoms with Crippen LogP contribution in [0, 0.1) is 0 Å². The Balaban J connectivity index is 2.13. The number of hydrogen-bond acceptors (Lipinski definition) is 5. The van der Waals surface area contributed by atoms with Crippen molar-refractivity contribution in [2.75, 3.05) is 6.61 Å². The van der Waals surface area contributed by atoms with Gasteiger partial charge in [0.25, 0.3) is 5.56 Å². The largest absolute Gasteiger partial charge is 0.464 e. The van der Waals surface area contributed by atoms with Gasteiger partial charge in [0, 0.05) is 4.88 Å². The minimum absolute atomic E-state index is 0.107. The summed E-state index contributed by atoms with van der Waals surface area (Å²) in [6, 6.07) is -0.594. The van der Waals surface area contributed by atoms with E-state index < -0.39 is 6.04 Å². The summed E-state index contributed by atoms with van der Waals surface area (Å²) in [5.41, 5.74) is 1.04. The first-order valence-corrected chi connectivity index (χ1v) is 8.67. The summed E-state index contributed by atoms with van der Waals surface area (Å²) in [4.78, 5) is 31.5. The first kappa shape index (κ1) is 15.2. The summed E-state index contributed by atoms with van der Waals surface area (Å²) in [5, 5.41) is 0.713. The van der Waals surface area contributed by atoms with Crippen LogP contribution in [-0.4, -0.2) is 22.1 Å². The summed E-state index contributed by atoms with van der Waals surface area (Å²) in [6.45, 7) is 3.96. The van der Waals surface area contributed by atoms with Crippen LogP contribution in [0.5, 0.6) is 0 Å². The first-order chi connectivity index (χ1) is 10.7. The lowest BCUT2D eigenvalue weighted by Crippen LogP contribution is -2.31. The second-order valence-corrected chi connectivity index (χ2v) is 6.61. The maximum Gasteiger partial charge on any atom is 0.329 e. The van der Waals surface area contributed by atoms with E-state index >= 15 is 0 Å². The van der Waals surface area contributed by atoms with Gasteiger partial charge in [0.1, 0.15) is 10.9 Å². The van der Waals surface area contributed by atoms with Gasteiger partial charge in [0.2, 0.25) is 0 Å². The highest BCUT2D eigenvalue weighted by molar-refractivity contribution is 7.18. The zero-order chi connectivity index (χ0) is 15.7. The highest BCUT2D eigenvalue weighted by atomic mass is 32.1. The van der Waals surface area contributed by atoms with Crippen LogP contribution in [0.2, 0.25) is 0 Å². The van der Waals surface area contributed by atoms with Crippen LogP contribution in [0.25, 0.3) is 10.2 Å². The van der Waals surface area contributed by atoms with Crippen LogP contribution in [0.4, 0.5) is 0 Å². The number of carbonyl (C=O) groups excluding carboxylic acids is 1. The van der Waals surface area contributed by atoms with Gasteiger partial charge < -0.3 is 4.74 Å². The van der Waals surface area contributed by atoms with E-state index in [1.807, 2.05) is 6.92 Å². The quantitative estimate of drug-likeness (QED) is 0.813. The van der Waals surface area contributed by atoms with Crippen LogP contribution >= 0.6 is 11.3 Å². The Morgan fingerprint density at radius 3 is 2.91 bits per heavy atom. The second-order valence-electron chi connectivity index (χ2n) is 5.52. The van der Waals surface area contributed by atoms with Gasteiger partial charge in [-0.25, -0.2) is 9.78 Å². The molecule has 3 rings (SSSR count). The predicted octanol–water partition coefficient (Wildman–Crippen LogP) is 2.85. The monoisotopic (exact) mass is 320 g/mol. The molecule has 0 amide bonds. The molecule has 2 heterocycles. The van der Waals surface area contributed by atoms with Crippen molar-refractivity contribution in [2.45, 2.75) is 52.0 Å². The summed E-state index contributed by atoms with van der Waals surface area (Å²) < 4.78 is 6.53. The third-order valence-electron chi connectivity index (χ3n) is 4.18. The number of ether oxygens (including phenoxy) is 1. The van der Waals surface area contributed by atoms with Crippen molar-refractivity contribution in [1.29, 1.82) is 0 Å². The molecule has 5 nitrogen and oxygen atoms in total. The summed E-state index contributed by atoms with van der Waals surface area (Å²) >= 11 is 1.62. The molecule has 118 valence electrons. The van der Waals surface area contributed by atoms with Crippen molar-refractivity contribution in [3.05, 3.63) is 27.1 Å². The van der Waals surface area contributed by atoms with Crippen molar-refractivity contribution in [1.82, 2.24) is 9.55 Å². The number of hydrogen-bond donors (Lipinski definition) is 0. The SMILES string of the molecule is CCOC(=O)[C@H](CC)n1cnc2sc3c(c2c1=O)CCCC3. The number of thiophene rings is 1. The minimum atomic E-state index is -0.594. The van der Waals surface area contributed by atoms with E-state index in [-0.39, 0.29) is 11.5 Å². The van der Waals surface area contributed by atoms with E-state index in [9.17, 15) is 9.59 Å². The Kier molecular flexibility index (Phi) is 4.29. The second kappa shape index (κ2) is 6.20. The topological polar surface area (TPSA) is 61.2 Å². The Morgan fingerprint density at radius 2 is 2.18 bits per heavy atom. The summed E-state index contributed by atoms with van der Waals surface area (Å²) in [6.07, 6.45) is 6.27. The minimum Gasteiger partial charge on any atom is -0.464 e. The van der Waals surface area contributed by atoms with Gasteiger partial charge in [-0.15, -0.1) is 11.3 Å².